The molecule has 4 rings (SSSR count). The van der Waals surface area contributed by atoms with Crippen LogP contribution in [-0.2, 0) is 13.1 Å². The second kappa shape index (κ2) is 4.03. The average molecular weight is 316 g/mol. The van der Waals surface area contributed by atoms with Crippen LogP contribution in [0.25, 0.3) is 11.2 Å². The Bertz CT molecular complexity index is 767. The van der Waals surface area contributed by atoms with E-state index in [2.05, 4.69) is 59.0 Å². The molecule has 2 aromatic heterocycles. The molecule has 3 aromatic rings. The molecule has 0 amide bonds. The average Bonchev–Trinajstić information content (AvgIpc) is 3.03. The van der Waals surface area contributed by atoms with E-state index in [1.165, 1.54) is 11.1 Å². The lowest BCUT2D eigenvalue weighted by Crippen LogP contribution is -2.16. The van der Waals surface area contributed by atoms with Crippen molar-refractivity contribution in [2.24, 2.45) is 0 Å². The highest BCUT2D eigenvalue weighted by molar-refractivity contribution is 9.10. The van der Waals surface area contributed by atoms with Crippen molar-refractivity contribution in [1.82, 2.24) is 19.9 Å². The van der Waals surface area contributed by atoms with Gasteiger partial charge in [0.1, 0.15) is 11.8 Å². The molecule has 0 spiro atoms. The van der Waals surface area contributed by atoms with E-state index in [1.54, 1.807) is 12.7 Å². The molecule has 1 aliphatic heterocycles. The summed E-state index contributed by atoms with van der Waals surface area (Å²) in [7, 11) is 0. The number of hydrogen-bond donors (Lipinski definition) is 1. The number of halogens is 1. The summed E-state index contributed by atoms with van der Waals surface area (Å²) in [5, 5.41) is 0. The summed E-state index contributed by atoms with van der Waals surface area (Å²) in [6, 6.07) is 6.40. The summed E-state index contributed by atoms with van der Waals surface area (Å²) < 4.78 is 1.11. The highest BCUT2D eigenvalue weighted by Crippen LogP contribution is 2.31. The van der Waals surface area contributed by atoms with E-state index < -0.39 is 0 Å². The fraction of sp³-hybridized carbons (Fsp3) is 0.154. The predicted octanol–water partition coefficient (Wildman–Crippen LogP) is 2.64. The number of nitrogens with zero attached hydrogens (tertiary/aromatic N) is 4. The Morgan fingerprint density at radius 3 is 2.95 bits per heavy atom. The maximum Gasteiger partial charge on any atom is 0.182 e. The Kier molecular flexibility index (Phi) is 2.32. The molecule has 3 heterocycles. The van der Waals surface area contributed by atoms with Crippen LogP contribution >= 0.6 is 15.9 Å². The van der Waals surface area contributed by atoms with Gasteiger partial charge in [0.25, 0.3) is 0 Å². The monoisotopic (exact) mass is 315 g/mol. The van der Waals surface area contributed by atoms with Crippen LogP contribution in [0.2, 0.25) is 0 Å². The van der Waals surface area contributed by atoms with Gasteiger partial charge in [0.05, 0.1) is 6.33 Å². The van der Waals surface area contributed by atoms with Crippen LogP contribution in [0.3, 0.4) is 0 Å². The predicted molar refractivity (Wildman–Crippen MR) is 75.7 cm³/mol. The van der Waals surface area contributed by atoms with E-state index in [-0.39, 0.29) is 0 Å². The number of rotatable bonds is 1. The van der Waals surface area contributed by atoms with Crippen molar-refractivity contribution >= 4 is 32.9 Å². The number of fused-ring (bicyclic) bond motifs is 2. The highest BCUT2D eigenvalue weighted by Gasteiger charge is 2.22. The third-order valence-corrected chi connectivity index (χ3v) is 3.89. The summed E-state index contributed by atoms with van der Waals surface area (Å²) in [5.41, 5.74) is 4.28. The molecule has 0 saturated carbocycles. The first-order chi connectivity index (χ1) is 9.31. The van der Waals surface area contributed by atoms with Crippen LogP contribution < -0.4 is 4.90 Å². The number of benzene rings is 1. The van der Waals surface area contributed by atoms with Crippen molar-refractivity contribution in [1.29, 1.82) is 0 Å². The summed E-state index contributed by atoms with van der Waals surface area (Å²) in [6.45, 7) is 1.73. The minimum atomic E-state index is 0.710. The fourth-order valence-electron chi connectivity index (χ4n) is 2.50. The van der Waals surface area contributed by atoms with Gasteiger partial charge in [-0.15, -0.1) is 0 Å². The van der Waals surface area contributed by atoms with Crippen molar-refractivity contribution in [3.05, 3.63) is 46.5 Å². The van der Waals surface area contributed by atoms with Gasteiger partial charge in [-0.05, 0) is 23.3 Å². The SMILES string of the molecule is Brc1ccc2c(c1)CN(c1ncnc3nc[nH]c13)C2. The molecule has 6 heteroatoms. The fourth-order valence-corrected chi connectivity index (χ4v) is 2.91. The minimum Gasteiger partial charge on any atom is -0.346 e. The van der Waals surface area contributed by atoms with E-state index in [1.807, 2.05) is 0 Å². The number of aromatic amines is 1. The Morgan fingerprint density at radius 1 is 1.11 bits per heavy atom. The molecule has 0 fully saturated rings. The zero-order valence-electron chi connectivity index (χ0n) is 9.97. The lowest BCUT2D eigenvalue weighted by Gasteiger charge is -2.16. The Hall–Kier alpha value is -1.95. The number of anilines is 1. The van der Waals surface area contributed by atoms with Crippen molar-refractivity contribution < 1.29 is 0 Å². The third kappa shape index (κ3) is 1.71. The quantitative estimate of drug-likeness (QED) is 0.750. The first-order valence-electron chi connectivity index (χ1n) is 5.97. The standard InChI is InChI=1S/C13H10BrN5/c14-10-2-1-8-4-19(5-9(8)3-10)13-11-12(16-6-15-11)17-7-18-13/h1-3,6-7H,4-5H2,(H,15,16,17,18). The molecule has 0 saturated heterocycles. The lowest BCUT2D eigenvalue weighted by atomic mass is 10.1. The summed E-state index contributed by atoms with van der Waals surface area (Å²) >= 11 is 3.51. The summed E-state index contributed by atoms with van der Waals surface area (Å²) in [4.78, 5) is 18.1. The van der Waals surface area contributed by atoms with Crippen LogP contribution in [0.4, 0.5) is 5.82 Å². The highest BCUT2D eigenvalue weighted by atomic mass is 79.9. The number of nitrogens with one attached hydrogen (secondary N) is 1. The maximum atomic E-state index is 4.40. The molecule has 94 valence electrons. The van der Waals surface area contributed by atoms with Gasteiger partial charge in [0.15, 0.2) is 11.5 Å². The number of hydrogen-bond acceptors (Lipinski definition) is 4. The minimum absolute atomic E-state index is 0.710. The first kappa shape index (κ1) is 10.9. The zero-order chi connectivity index (χ0) is 12.8. The Balaban J connectivity index is 1.78. The normalized spacial score (nSPS) is 14.1. The Labute approximate surface area is 117 Å². The second-order valence-corrected chi connectivity index (χ2v) is 5.48. The van der Waals surface area contributed by atoms with Gasteiger partial charge in [0.2, 0.25) is 0 Å². The summed E-state index contributed by atoms with van der Waals surface area (Å²) in [6.07, 6.45) is 3.22. The van der Waals surface area contributed by atoms with Crippen LogP contribution in [0.1, 0.15) is 11.1 Å². The molecule has 1 N–H and O–H groups in total. The van der Waals surface area contributed by atoms with E-state index in [9.17, 15) is 0 Å². The van der Waals surface area contributed by atoms with E-state index in [0.29, 0.717) is 5.65 Å². The maximum absolute atomic E-state index is 4.40. The number of aromatic nitrogens is 4. The first-order valence-corrected chi connectivity index (χ1v) is 6.77. The molecule has 0 radical (unpaired) electrons. The molecule has 0 aliphatic carbocycles. The van der Waals surface area contributed by atoms with Crippen LogP contribution in [0.15, 0.2) is 35.3 Å². The van der Waals surface area contributed by atoms with E-state index in [4.69, 9.17) is 0 Å². The molecule has 1 aromatic carbocycles. The lowest BCUT2D eigenvalue weighted by molar-refractivity contribution is 0.858. The molecule has 0 bridgehead atoms. The van der Waals surface area contributed by atoms with Crippen LogP contribution in [-0.4, -0.2) is 19.9 Å². The van der Waals surface area contributed by atoms with E-state index >= 15 is 0 Å². The van der Waals surface area contributed by atoms with Gasteiger partial charge in [-0.3, -0.25) is 0 Å². The van der Waals surface area contributed by atoms with Gasteiger partial charge in [-0.2, -0.15) is 0 Å². The van der Waals surface area contributed by atoms with Gasteiger partial charge in [-0.25, -0.2) is 15.0 Å². The molecule has 1 aliphatic rings. The van der Waals surface area contributed by atoms with E-state index in [0.717, 1.165) is 28.9 Å². The van der Waals surface area contributed by atoms with Crippen LogP contribution in [0, 0.1) is 0 Å². The molecule has 0 atom stereocenters. The van der Waals surface area contributed by atoms with Gasteiger partial charge >= 0.3 is 0 Å². The second-order valence-electron chi connectivity index (χ2n) is 4.57. The van der Waals surface area contributed by atoms with Gasteiger partial charge < -0.3 is 9.88 Å². The zero-order valence-corrected chi connectivity index (χ0v) is 11.6. The number of imidazole rings is 1. The van der Waals surface area contributed by atoms with Crippen molar-refractivity contribution in [3.8, 4) is 0 Å². The molecule has 19 heavy (non-hydrogen) atoms. The molecular formula is C13H10BrN5. The van der Waals surface area contributed by atoms with Crippen molar-refractivity contribution in [2.75, 3.05) is 4.90 Å². The smallest absolute Gasteiger partial charge is 0.182 e. The largest absolute Gasteiger partial charge is 0.346 e. The molecule has 5 nitrogen and oxygen atoms in total. The van der Waals surface area contributed by atoms with Crippen LogP contribution in [0.5, 0.6) is 0 Å². The van der Waals surface area contributed by atoms with Gasteiger partial charge in [-0.1, -0.05) is 22.0 Å². The Morgan fingerprint density at radius 2 is 2.00 bits per heavy atom. The third-order valence-electron chi connectivity index (χ3n) is 3.39. The van der Waals surface area contributed by atoms with Crippen molar-refractivity contribution in [2.45, 2.75) is 13.1 Å². The topological polar surface area (TPSA) is 57.7 Å². The number of H-pyrrole nitrogens is 1. The van der Waals surface area contributed by atoms with Crippen molar-refractivity contribution in [3.63, 3.8) is 0 Å². The molecule has 0 unspecified atom stereocenters. The molecular weight excluding hydrogens is 306 g/mol. The summed E-state index contributed by atoms with van der Waals surface area (Å²) in [5.74, 6) is 0.912. The van der Waals surface area contributed by atoms with Gasteiger partial charge in [0, 0.05) is 17.6 Å².